The van der Waals surface area contributed by atoms with E-state index >= 15 is 0 Å². The number of ether oxygens (including phenoxy) is 1. The van der Waals surface area contributed by atoms with Gasteiger partial charge < -0.3 is 4.74 Å². The van der Waals surface area contributed by atoms with E-state index in [1.54, 1.807) is 24.3 Å². The van der Waals surface area contributed by atoms with Crippen LogP contribution >= 0.6 is 22.9 Å². The van der Waals surface area contributed by atoms with Crippen LogP contribution in [0.4, 0.5) is 9.52 Å². The first-order valence-corrected chi connectivity index (χ1v) is 10.3. The van der Waals surface area contributed by atoms with Gasteiger partial charge in [-0.2, -0.15) is 0 Å². The number of anilines is 1. The van der Waals surface area contributed by atoms with Crippen molar-refractivity contribution in [1.82, 2.24) is 4.98 Å². The maximum absolute atomic E-state index is 14.2. The summed E-state index contributed by atoms with van der Waals surface area (Å²) in [5, 5.41) is 3.05. The molecule has 3 aromatic rings. The predicted molar refractivity (Wildman–Crippen MR) is 110 cm³/mol. The van der Waals surface area contributed by atoms with Crippen molar-refractivity contribution in [3.63, 3.8) is 0 Å². The Balaban J connectivity index is 1.66. The van der Waals surface area contributed by atoms with Gasteiger partial charge in [0.05, 0.1) is 23.9 Å². The van der Waals surface area contributed by atoms with E-state index in [9.17, 15) is 9.18 Å². The molecule has 144 valence electrons. The number of carbonyl (C=O) groups excluding carboxylic acids is 1. The van der Waals surface area contributed by atoms with Crippen molar-refractivity contribution in [3.05, 3.63) is 70.3 Å². The van der Waals surface area contributed by atoms with Gasteiger partial charge in [0.1, 0.15) is 5.82 Å². The number of hydrogen-bond donors (Lipinski definition) is 0. The van der Waals surface area contributed by atoms with E-state index in [1.807, 2.05) is 17.5 Å². The molecule has 2 heterocycles. The van der Waals surface area contributed by atoms with E-state index in [0.717, 1.165) is 24.1 Å². The first-order valence-electron chi connectivity index (χ1n) is 9.01. The lowest BCUT2D eigenvalue weighted by atomic mass is 10.1. The molecule has 1 atom stereocenters. The highest BCUT2D eigenvalue weighted by molar-refractivity contribution is 7.14. The smallest absolute Gasteiger partial charge is 0.263 e. The molecule has 4 nitrogen and oxygen atoms in total. The molecule has 1 aromatic heterocycles. The van der Waals surface area contributed by atoms with Gasteiger partial charge in [0, 0.05) is 22.6 Å². The zero-order chi connectivity index (χ0) is 19.5. The van der Waals surface area contributed by atoms with Gasteiger partial charge in [-0.1, -0.05) is 35.9 Å². The lowest BCUT2D eigenvalue weighted by molar-refractivity contribution is 0.0914. The Kier molecular flexibility index (Phi) is 5.71. The summed E-state index contributed by atoms with van der Waals surface area (Å²) in [5.41, 5.74) is 1.68. The lowest BCUT2D eigenvalue weighted by Crippen LogP contribution is -2.38. The van der Waals surface area contributed by atoms with Crippen molar-refractivity contribution in [2.45, 2.75) is 18.9 Å². The Labute approximate surface area is 171 Å². The fourth-order valence-electron chi connectivity index (χ4n) is 3.16. The van der Waals surface area contributed by atoms with E-state index in [0.29, 0.717) is 23.3 Å². The van der Waals surface area contributed by atoms with Crippen LogP contribution in [0.25, 0.3) is 11.3 Å². The molecule has 7 heteroatoms. The Morgan fingerprint density at radius 3 is 2.75 bits per heavy atom. The van der Waals surface area contributed by atoms with E-state index in [-0.39, 0.29) is 11.7 Å². The quantitative estimate of drug-likeness (QED) is 0.557. The molecule has 0 bridgehead atoms. The van der Waals surface area contributed by atoms with Crippen LogP contribution in [-0.4, -0.2) is 30.1 Å². The first kappa shape index (κ1) is 19.1. The molecule has 0 spiro atoms. The summed E-state index contributed by atoms with van der Waals surface area (Å²) in [6.45, 7) is 1.03. The minimum absolute atomic E-state index is 0.0312. The van der Waals surface area contributed by atoms with Crippen LogP contribution in [0.5, 0.6) is 0 Å². The zero-order valence-electron chi connectivity index (χ0n) is 15.0. The molecule has 0 N–H and O–H groups in total. The lowest BCUT2D eigenvalue weighted by Gasteiger charge is -2.23. The second-order valence-electron chi connectivity index (χ2n) is 6.55. The highest BCUT2D eigenvalue weighted by atomic mass is 35.5. The fourth-order valence-corrected chi connectivity index (χ4v) is 4.13. The third kappa shape index (κ3) is 4.09. The Morgan fingerprint density at radius 1 is 1.25 bits per heavy atom. The van der Waals surface area contributed by atoms with Gasteiger partial charge in [-0.25, -0.2) is 9.37 Å². The number of thiazole rings is 1. The molecule has 1 aliphatic heterocycles. The average Bonchev–Trinajstić information content (AvgIpc) is 3.39. The maximum atomic E-state index is 14.2. The first-order chi connectivity index (χ1) is 13.6. The largest absolute Gasteiger partial charge is 0.376 e. The highest BCUT2D eigenvalue weighted by Gasteiger charge is 2.28. The normalized spacial score (nSPS) is 16.3. The summed E-state index contributed by atoms with van der Waals surface area (Å²) in [6, 6.07) is 13.4. The van der Waals surface area contributed by atoms with Gasteiger partial charge >= 0.3 is 0 Å². The number of aromatic nitrogens is 1. The topological polar surface area (TPSA) is 42.4 Å². The monoisotopic (exact) mass is 416 g/mol. The molecule has 1 saturated heterocycles. The van der Waals surface area contributed by atoms with Crippen molar-refractivity contribution in [2.75, 3.05) is 18.1 Å². The van der Waals surface area contributed by atoms with Crippen LogP contribution in [0, 0.1) is 5.82 Å². The van der Waals surface area contributed by atoms with Crippen molar-refractivity contribution < 1.29 is 13.9 Å². The fraction of sp³-hybridized carbons (Fsp3) is 0.238. The van der Waals surface area contributed by atoms with Gasteiger partial charge in [-0.3, -0.25) is 9.69 Å². The molecular formula is C21H18ClFN2O2S. The van der Waals surface area contributed by atoms with E-state index in [1.165, 1.54) is 28.4 Å². The molecule has 0 saturated carbocycles. The van der Waals surface area contributed by atoms with Gasteiger partial charge in [-0.15, -0.1) is 11.3 Å². The summed E-state index contributed by atoms with van der Waals surface area (Å²) >= 11 is 7.31. The Morgan fingerprint density at radius 2 is 2.04 bits per heavy atom. The van der Waals surface area contributed by atoms with E-state index in [2.05, 4.69) is 4.98 Å². The molecule has 2 aromatic carbocycles. The van der Waals surface area contributed by atoms with Crippen molar-refractivity contribution in [1.29, 1.82) is 0 Å². The molecule has 0 unspecified atom stereocenters. The van der Waals surface area contributed by atoms with Crippen LogP contribution in [0.3, 0.4) is 0 Å². The molecule has 1 fully saturated rings. The predicted octanol–water partition coefficient (Wildman–Crippen LogP) is 5.43. The number of benzene rings is 2. The molecule has 28 heavy (non-hydrogen) atoms. The SMILES string of the molecule is O=C(c1ccccc1F)N(C[C@@H]1CCCO1)c1nc(-c2ccc(Cl)cc2)cs1. The standard InChI is InChI=1S/C21H18ClFN2O2S/c22-15-9-7-14(8-10-15)19-13-28-21(24-19)25(12-16-4-3-11-27-16)20(26)17-5-1-2-6-18(17)23/h1-2,5-10,13,16H,3-4,11-12H2/t16-/m0/s1. The van der Waals surface area contributed by atoms with E-state index < -0.39 is 11.7 Å². The van der Waals surface area contributed by atoms with Crippen molar-refractivity contribution >= 4 is 34.0 Å². The summed E-state index contributed by atoms with van der Waals surface area (Å²) in [7, 11) is 0. The highest BCUT2D eigenvalue weighted by Crippen LogP contribution is 2.30. The number of nitrogens with zero attached hydrogens (tertiary/aromatic N) is 2. The molecule has 0 radical (unpaired) electrons. The summed E-state index contributed by atoms with van der Waals surface area (Å²) in [4.78, 5) is 19.3. The summed E-state index contributed by atoms with van der Waals surface area (Å²) in [6.07, 6.45) is 1.76. The Hall–Kier alpha value is -2.28. The van der Waals surface area contributed by atoms with Gasteiger partial charge in [0.2, 0.25) is 0 Å². The average molecular weight is 417 g/mol. The third-order valence-electron chi connectivity index (χ3n) is 4.62. The number of carbonyl (C=O) groups is 1. The minimum Gasteiger partial charge on any atom is -0.376 e. The second kappa shape index (κ2) is 8.39. The van der Waals surface area contributed by atoms with Gasteiger partial charge in [0.25, 0.3) is 5.91 Å². The van der Waals surface area contributed by atoms with Crippen LogP contribution in [0.1, 0.15) is 23.2 Å². The summed E-state index contributed by atoms with van der Waals surface area (Å²) in [5.74, 6) is -0.954. The van der Waals surface area contributed by atoms with Crippen LogP contribution < -0.4 is 4.90 Å². The molecule has 1 amide bonds. The molecule has 0 aliphatic carbocycles. The molecular weight excluding hydrogens is 399 g/mol. The van der Waals surface area contributed by atoms with Crippen molar-refractivity contribution in [3.8, 4) is 11.3 Å². The van der Waals surface area contributed by atoms with Crippen LogP contribution in [0.15, 0.2) is 53.9 Å². The number of hydrogen-bond acceptors (Lipinski definition) is 4. The number of amides is 1. The number of rotatable bonds is 5. The molecule has 4 rings (SSSR count). The van der Waals surface area contributed by atoms with Gasteiger partial charge in [0.15, 0.2) is 5.13 Å². The van der Waals surface area contributed by atoms with E-state index in [4.69, 9.17) is 16.3 Å². The second-order valence-corrected chi connectivity index (χ2v) is 7.83. The maximum Gasteiger partial charge on any atom is 0.263 e. The van der Waals surface area contributed by atoms with Crippen LogP contribution in [0.2, 0.25) is 5.02 Å². The van der Waals surface area contributed by atoms with Gasteiger partial charge in [-0.05, 0) is 37.1 Å². The molecule has 1 aliphatic rings. The number of halogens is 2. The van der Waals surface area contributed by atoms with Crippen LogP contribution in [-0.2, 0) is 4.74 Å². The van der Waals surface area contributed by atoms with Crippen molar-refractivity contribution in [2.24, 2.45) is 0 Å². The third-order valence-corrected chi connectivity index (χ3v) is 5.74. The Bertz CT molecular complexity index is 971. The summed E-state index contributed by atoms with van der Waals surface area (Å²) < 4.78 is 19.9. The minimum atomic E-state index is -0.542. The zero-order valence-corrected chi connectivity index (χ0v) is 16.5.